The van der Waals surface area contributed by atoms with Crippen molar-refractivity contribution in [2.75, 3.05) is 11.9 Å². The van der Waals surface area contributed by atoms with Crippen LogP contribution >= 0.6 is 23.1 Å². The number of aromatic nitrogens is 2. The Kier molecular flexibility index (Phi) is 5.52. The number of halogens is 1. The zero-order chi connectivity index (χ0) is 15.4. The van der Waals surface area contributed by atoms with Crippen molar-refractivity contribution in [3.8, 4) is 0 Å². The fourth-order valence-electron chi connectivity index (χ4n) is 1.80. The molecule has 0 saturated carbocycles. The summed E-state index contributed by atoms with van der Waals surface area (Å²) < 4.78 is 4.23. The summed E-state index contributed by atoms with van der Waals surface area (Å²) in [7, 11) is 0. The first-order valence-corrected chi connectivity index (χ1v) is 7.81. The minimum absolute atomic E-state index is 0.222. The number of benzene rings is 1. The van der Waals surface area contributed by atoms with E-state index in [2.05, 4.69) is 14.7 Å². The van der Waals surface area contributed by atoms with Crippen LogP contribution in [-0.4, -0.2) is 32.2 Å². The van der Waals surface area contributed by atoms with Crippen LogP contribution < -0.4 is 5.32 Å². The number of aliphatic hydroxyl groups excluding tert-OH is 2. The summed E-state index contributed by atoms with van der Waals surface area (Å²) in [6.45, 7) is 3.80. The first-order chi connectivity index (χ1) is 10.0. The number of hydrogen-bond acceptors (Lipinski definition) is 6. The summed E-state index contributed by atoms with van der Waals surface area (Å²) in [6, 6.07) is 6.32. The highest BCUT2D eigenvalue weighted by Crippen LogP contribution is 2.24. The number of hydrogen-bond donors (Lipinski definition) is 3. The average Bonchev–Trinajstić information content (AvgIpc) is 2.93. The summed E-state index contributed by atoms with van der Waals surface area (Å²) in [5.74, 6) is 0.991. The molecule has 1 heterocycles. The molecule has 114 valence electrons. The Balaban J connectivity index is 2.09. The number of nitrogens with zero attached hydrogens (tertiary/aromatic N) is 2. The third-order valence-corrected chi connectivity index (χ3v) is 3.97. The van der Waals surface area contributed by atoms with Crippen LogP contribution in [0.5, 0.6) is 0 Å². The lowest BCUT2D eigenvalue weighted by molar-refractivity contribution is 0.118. The summed E-state index contributed by atoms with van der Waals surface area (Å²) in [6.07, 6.45) is -0.862. The lowest BCUT2D eigenvalue weighted by atomic mass is 10.0. The van der Waals surface area contributed by atoms with Crippen molar-refractivity contribution in [2.24, 2.45) is 0 Å². The number of rotatable bonds is 6. The van der Waals surface area contributed by atoms with Crippen LogP contribution in [0.3, 0.4) is 0 Å². The van der Waals surface area contributed by atoms with Gasteiger partial charge < -0.3 is 15.5 Å². The van der Waals surface area contributed by atoms with Crippen molar-refractivity contribution in [3.05, 3.63) is 40.7 Å². The summed E-state index contributed by atoms with van der Waals surface area (Å²) >= 11 is 7.05. The molecule has 0 aliphatic carbocycles. The Hall–Kier alpha value is -1.21. The van der Waals surface area contributed by atoms with Crippen molar-refractivity contribution < 1.29 is 10.2 Å². The average molecular weight is 328 g/mol. The van der Waals surface area contributed by atoms with E-state index in [1.807, 2.05) is 13.8 Å². The molecular weight excluding hydrogens is 310 g/mol. The molecule has 5 nitrogen and oxygen atoms in total. The van der Waals surface area contributed by atoms with Gasteiger partial charge in [-0.2, -0.15) is 4.37 Å². The molecule has 2 atom stereocenters. The van der Waals surface area contributed by atoms with Crippen LogP contribution in [0.1, 0.15) is 37.3 Å². The standard InChI is InChI=1S/C14H18ClN3O2S/c1-8(2)13-17-14(21-18-13)16-11(7-19)12(20)9-3-5-10(15)6-4-9/h3-6,8,11-12,19-20H,7H2,1-2H3,(H,16,17,18). The lowest BCUT2D eigenvalue weighted by Crippen LogP contribution is -2.31. The van der Waals surface area contributed by atoms with Crippen LogP contribution in [-0.2, 0) is 0 Å². The summed E-state index contributed by atoms with van der Waals surface area (Å²) in [5, 5.41) is 24.1. The van der Waals surface area contributed by atoms with Gasteiger partial charge in [0.25, 0.3) is 0 Å². The second-order valence-corrected chi connectivity index (χ2v) is 6.23. The summed E-state index contributed by atoms with van der Waals surface area (Å²) in [5.41, 5.74) is 0.680. The highest BCUT2D eigenvalue weighted by Gasteiger charge is 2.21. The SMILES string of the molecule is CC(C)c1nsc(NC(CO)C(O)c2ccc(Cl)cc2)n1. The van der Waals surface area contributed by atoms with Crippen LogP contribution in [0.2, 0.25) is 5.02 Å². The predicted molar refractivity (Wildman–Crippen MR) is 84.9 cm³/mol. The number of nitrogens with one attached hydrogen (secondary N) is 1. The van der Waals surface area contributed by atoms with E-state index < -0.39 is 12.1 Å². The van der Waals surface area contributed by atoms with Gasteiger partial charge in [-0.3, -0.25) is 0 Å². The van der Waals surface area contributed by atoms with E-state index in [4.69, 9.17) is 11.6 Å². The topological polar surface area (TPSA) is 78.3 Å². The van der Waals surface area contributed by atoms with E-state index in [-0.39, 0.29) is 12.5 Å². The van der Waals surface area contributed by atoms with Gasteiger partial charge in [0.05, 0.1) is 12.6 Å². The maximum atomic E-state index is 10.3. The third-order valence-electron chi connectivity index (χ3n) is 3.06. The molecule has 0 aliphatic rings. The van der Waals surface area contributed by atoms with Crippen LogP contribution in [0.15, 0.2) is 24.3 Å². The van der Waals surface area contributed by atoms with Crippen molar-refractivity contribution in [2.45, 2.75) is 31.9 Å². The molecule has 0 radical (unpaired) electrons. The molecule has 21 heavy (non-hydrogen) atoms. The molecule has 0 aliphatic heterocycles. The quantitative estimate of drug-likeness (QED) is 0.760. The Bertz CT molecular complexity index is 574. The molecule has 0 spiro atoms. The Labute approximate surface area is 132 Å². The first kappa shape index (κ1) is 16.2. The zero-order valence-electron chi connectivity index (χ0n) is 11.8. The van der Waals surface area contributed by atoms with Crippen molar-refractivity contribution in [1.29, 1.82) is 0 Å². The Morgan fingerprint density at radius 2 is 1.95 bits per heavy atom. The molecular formula is C14H18ClN3O2S. The molecule has 0 bridgehead atoms. The van der Waals surface area contributed by atoms with Crippen molar-refractivity contribution >= 4 is 28.3 Å². The fourth-order valence-corrected chi connectivity index (χ4v) is 2.70. The minimum atomic E-state index is -0.862. The van der Waals surface area contributed by atoms with Gasteiger partial charge in [0, 0.05) is 22.5 Å². The van der Waals surface area contributed by atoms with E-state index >= 15 is 0 Å². The molecule has 2 aromatic rings. The van der Waals surface area contributed by atoms with E-state index in [9.17, 15) is 10.2 Å². The molecule has 1 aromatic carbocycles. The predicted octanol–water partition coefficient (Wildman–Crippen LogP) is 2.82. The van der Waals surface area contributed by atoms with Gasteiger partial charge in [0.2, 0.25) is 5.13 Å². The highest BCUT2D eigenvalue weighted by molar-refractivity contribution is 7.09. The third kappa shape index (κ3) is 4.14. The summed E-state index contributed by atoms with van der Waals surface area (Å²) in [4.78, 5) is 4.34. The monoisotopic (exact) mass is 327 g/mol. The van der Waals surface area contributed by atoms with E-state index in [1.54, 1.807) is 24.3 Å². The molecule has 1 aromatic heterocycles. The minimum Gasteiger partial charge on any atom is -0.394 e. The van der Waals surface area contributed by atoms with Gasteiger partial charge in [-0.1, -0.05) is 37.6 Å². The van der Waals surface area contributed by atoms with E-state index in [0.717, 1.165) is 5.82 Å². The molecule has 2 rings (SSSR count). The van der Waals surface area contributed by atoms with Gasteiger partial charge in [0.15, 0.2) is 0 Å². The maximum Gasteiger partial charge on any atom is 0.202 e. The molecule has 0 amide bonds. The fraction of sp³-hybridized carbons (Fsp3) is 0.429. The van der Waals surface area contributed by atoms with Crippen molar-refractivity contribution in [3.63, 3.8) is 0 Å². The second kappa shape index (κ2) is 7.17. The number of aliphatic hydroxyl groups is 2. The molecule has 3 N–H and O–H groups in total. The smallest absolute Gasteiger partial charge is 0.202 e. The Morgan fingerprint density at radius 1 is 1.29 bits per heavy atom. The van der Waals surface area contributed by atoms with Gasteiger partial charge in [0.1, 0.15) is 11.9 Å². The van der Waals surface area contributed by atoms with Crippen LogP contribution in [0.25, 0.3) is 0 Å². The van der Waals surface area contributed by atoms with Crippen LogP contribution in [0.4, 0.5) is 5.13 Å². The Morgan fingerprint density at radius 3 is 2.48 bits per heavy atom. The largest absolute Gasteiger partial charge is 0.394 e. The van der Waals surface area contributed by atoms with Gasteiger partial charge in [-0.25, -0.2) is 4.98 Å². The van der Waals surface area contributed by atoms with Gasteiger partial charge in [-0.15, -0.1) is 0 Å². The molecule has 0 fully saturated rings. The van der Waals surface area contributed by atoms with Gasteiger partial charge >= 0.3 is 0 Å². The van der Waals surface area contributed by atoms with E-state index in [1.165, 1.54) is 11.5 Å². The first-order valence-electron chi connectivity index (χ1n) is 6.65. The van der Waals surface area contributed by atoms with Gasteiger partial charge in [-0.05, 0) is 17.7 Å². The normalized spacial score (nSPS) is 14.2. The molecule has 2 unspecified atom stereocenters. The zero-order valence-corrected chi connectivity index (χ0v) is 13.4. The lowest BCUT2D eigenvalue weighted by Gasteiger charge is -2.22. The van der Waals surface area contributed by atoms with Crippen LogP contribution in [0, 0.1) is 0 Å². The number of anilines is 1. The maximum absolute atomic E-state index is 10.3. The van der Waals surface area contributed by atoms with Crippen molar-refractivity contribution in [1.82, 2.24) is 9.36 Å². The van der Waals surface area contributed by atoms with E-state index in [0.29, 0.717) is 15.7 Å². The highest BCUT2D eigenvalue weighted by atomic mass is 35.5. The second-order valence-electron chi connectivity index (χ2n) is 5.04. The molecule has 7 heteroatoms. The molecule has 0 saturated heterocycles.